The standard InChI is InChI=1S/C16H18BrN3O/c1-10(11-2-4-12(17)5-3-11)19-16(21)15-8-13(18)9-20(15)14-6-7-14/h2-5,8-10,14H,6-7,18H2,1H3,(H,19,21)/t10-/m0/s1. The van der Waals surface area contributed by atoms with E-state index in [1.807, 2.05) is 42.0 Å². The summed E-state index contributed by atoms with van der Waals surface area (Å²) in [7, 11) is 0. The van der Waals surface area contributed by atoms with Crippen LogP contribution < -0.4 is 11.1 Å². The van der Waals surface area contributed by atoms with E-state index >= 15 is 0 Å². The van der Waals surface area contributed by atoms with Gasteiger partial charge in [-0.3, -0.25) is 4.79 Å². The monoisotopic (exact) mass is 347 g/mol. The van der Waals surface area contributed by atoms with Gasteiger partial charge in [0.2, 0.25) is 0 Å². The van der Waals surface area contributed by atoms with E-state index in [4.69, 9.17) is 5.73 Å². The summed E-state index contributed by atoms with van der Waals surface area (Å²) in [5, 5.41) is 3.04. The first-order chi connectivity index (χ1) is 10.0. The minimum Gasteiger partial charge on any atom is -0.397 e. The van der Waals surface area contributed by atoms with Crippen LogP contribution in [-0.2, 0) is 0 Å². The van der Waals surface area contributed by atoms with E-state index in [1.54, 1.807) is 6.07 Å². The SMILES string of the molecule is C[C@H](NC(=O)c1cc(N)cn1C1CC1)c1ccc(Br)cc1. The van der Waals surface area contributed by atoms with Gasteiger partial charge in [-0.05, 0) is 43.5 Å². The number of nitrogens with two attached hydrogens (primary N) is 1. The molecule has 110 valence electrons. The molecule has 1 aliphatic carbocycles. The molecule has 0 unspecified atom stereocenters. The number of aromatic nitrogens is 1. The van der Waals surface area contributed by atoms with Crippen molar-refractivity contribution in [3.05, 3.63) is 52.3 Å². The fourth-order valence-electron chi connectivity index (χ4n) is 2.44. The van der Waals surface area contributed by atoms with Gasteiger partial charge in [-0.1, -0.05) is 28.1 Å². The maximum absolute atomic E-state index is 12.5. The predicted molar refractivity (Wildman–Crippen MR) is 87.1 cm³/mol. The van der Waals surface area contributed by atoms with Crippen molar-refractivity contribution in [2.45, 2.75) is 31.8 Å². The second-order valence-electron chi connectivity index (χ2n) is 5.54. The first kappa shape index (κ1) is 14.2. The summed E-state index contributed by atoms with van der Waals surface area (Å²) in [5.41, 5.74) is 8.20. The first-order valence-corrected chi connectivity index (χ1v) is 7.87. The van der Waals surface area contributed by atoms with Crippen LogP contribution >= 0.6 is 15.9 Å². The number of halogens is 1. The summed E-state index contributed by atoms with van der Waals surface area (Å²) in [5.74, 6) is -0.0750. The topological polar surface area (TPSA) is 60.1 Å². The molecule has 0 spiro atoms. The van der Waals surface area contributed by atoms with Gasteiger partial charge in [0, 0.05) is 16.7 Å². The molecule has 0 bridgehead atoms. The molecule has 1 saturated carbocycles. The molecule has 1 aliphatic rings. The molecule has 21 heavy (non-hydrogen) atoms. The van der Waals surface area contributed by atoms with Gasteiger partial charge in [-0.2, -0.15) is 0 Å². The number of hydrogen-bond acceptors (Lipinski definition) is 2. The lowest BCUT2D eigenvalue weighted by molar-refractivity contribution is 0.0930. The van der Waals surface area contributed by atoms with Crippen molar-refractivity contribution in [3.8, 4) is 0 Å². The number of hydrogen-bond donors (Lipinski definition) is 2. The van der Waals surface area contributed by atoms with Gasteiger partial charge in [0.1, 0.15) is 5.69 Å². The number of carbonyl (C=O) groups is 1. The molecule has 0 saturated heterocycles. The Labute approximate surface area is 132 Å². The number of benzene rings is 1. The summed E-state index contributed by atoms with van der Waals surface area (Å²) in [6.07, 6.45) is 4.10. The lowest BCUT2D eigenvalue weighted by atomic mass is 10.1. The molecule has 0 radical (unpaired) electrons. The van der Waals surface area contributed by atoms with E-state index in [9.17, 15) is 4.79 Å². The van der Waals surface area contributed by atoms with E-state index in [2.05, 4.69) is 21.2 Å². The number of nitrogen functional groups attached to an aromatic ring is 1. The van der Waals surface area contributed by atoms with Crippen LogP contribution in [0.4, 0.5) is 5.69 Å². The summed E-state index contributed by atoms with van der Waals surface area (Å²) in [4.78, 5) is 12.5. The lowest BCUT2D eigenvalue weighted by Crippen LogP contribution is -2.28. The largest absolute Gasteiger partial charge is 0.397 e. The van der Waals surface area contributed by atoms with E-state index in [-0.39, 0.29) is 11.9 Å². The normalized spacial score (nSPS) is 15.7. The van der Waals surface area contributed by atoms with Gasteiger partial charge in [-0.15, -0.1) is 0 Å². The molecular weight excluding hydrogens is 330 g/mol. The van der Waals surface area contributed by atoms with Crippen LogP contribution in [0.15, 0.2) is 41.0 Å². The summed E-state index contributed by atoms with van der Waals surface area (Å²) in [6.45, 7) is 1.98. The third kappa shape index (κ3) is 3.13. The van der Waals surface area contributed by atoms with Crippen LogP contribution in [0, 0.1) is 0 Å². The maximum atomic E-state index is 12.5. The van der Waals surface area contributed by atoms with Crippen molar-refractivity contribution in [2.24, 2.45) is 0 Å². The molecule has 1 atom stereocenters. The number of carbonyl (C=O) groups excluding carboxylic acids is 1. The number of rotatable bonds is 4. The minimum absolute atomic E-state index is 0.0469. The van der Waals surface area contributed by atoms with Gasteiger partial charge in [0.25, 0.3) is 5.91 Å². The number of amides is 1. The van der Waals surface area contributed by atoms with Crippen LogP contribution in [0.1, 0.15) is 47.9 Å². The summed E-state index contributed by atoms with van der Waals surface area (Å²) in [6, 6.07) is 10.1. The van der Waals surface area contributed by atoms with Gasteiger partial charge < -0.3 is 15.6 Å². The Morgan fingerprint density at radius 2 is 2.05 bits per heavy atom. The Hall–Kier alpha value is -1.75. The highest BCUT2D eigenvalue weighted by Crippen LogP contribution is 2.37. The van der Waals surface area contributed by atoms with E-state index in [0.717, 1.165) is 22.9 Å². The van der Waals surface area contributed by atoms with Crippen molar-refractivity contribution in [3.63, 3.8) is 0 Å². The van der Waals surface area contributed by atoms with Crippen LogP contribution in [0.3, 0.4) is 0 Å². The Morgan fingerprint density at radius 1 is 1.38 bits per heavy atom. The molecule has 4 nitrogen and oxygen atoms in total. The molecule has 1 aromatic carbocycles. The highest BCUT2D eigenvalue weighted by molar-refractivity contribution is 9.10. The molecule has 1 fully saturated rings. The number of anilines is 1. The van der Waals surface area contributed by atoms with Crippen LogP contribution in [-0.4, -0.2) is 10.5 Å². The Kier molecular flexibility index (Phi) is 3.76. The summed E-state index contributed by atoms with van der Waals surface area (Å²) < 4.78 is 3.03. The Balaban J connectivity index is 1.75. The first-order valence-electron chi connectivity index (χ1n) is 7.08. The van der Waals surface area contributed by atoms with Gasteiger partial charge in [-0.25, -0.2) is 0 Å². The molecule has 2 aromatic rings. The molecule has 3 N–H and O–H groups in total. The third-order valence-electron chi connectivity index (χ3n) is 3.76. The van der Waals surface area contributed by atoms with Crippen molar-refractivity contribution in [1.82, 2.24) is 9.88 Å². The molecule has 0 aliphatic heterocycles. The molecule has 1 aromatic heterocycles. The molecular formula is C16H18BrN3O. The van der Waals surface area contributed by atoms with Crippen molar-refractivity contribution in [1.29, 1.82) is 0 Å². The van der Waals surface area contributed by atoms with E-state index < -0.39 is 0 Å². The summed E-state index contributed by atoms with van der Waals surface area (Å²) >= 11 is 3.41. The van der Waals surface area contributed by atoms with Crippen molar-refractivity contribution in [2.75, 3.05) is 5.73 Å². The maximum Gasteiger partial charge on any atom is 0.268 e. The smallest absolute Gasteiger partial charge is 0.268 e. The highest BCUT2D eigenvalue weighted by atomic mass is 79.9. The van der Waals surface area contributed by atoms with Crippen molar-refractivity contribution < 1.29 is 4.79 Å². The van der Waals surface area contributed by atoms with Crippen LogP contribution in [0.25, 0.3) is 0 Å². The minimum atomic E-state index is -0.0750. The predicted octanol–water partition coefficient (Wildman–Crippen LogP) is 3.66. The molecule has 1 amide bonds. The Bertz CT molecular complexity index is 659. The average Bonchev–Trinajstić information content (AvgIpc) is 3.22. The van der Waals surface area contributed by atoms with Crippen LogP contribution in [0.2, 0.25) is 0 Å². The zero-order chi connectivity index (χ0) is 15.0. The van der Waals surface area contributed by atoms with Gasteiger partial charge >= 0.3 is 0 Å². The number of nitrogens with zero attached hydrogens (tertiary/aromatic N) is 1. The third-order valence-corrected chi connectivity index (χ3v) is 4.29. The second-order valence-corrected chi connectivity index (χ2v) is 6.46. The zero-order valence-electron chi connectivity index (χ0n) is 11.8. The Morgan fingerprint density at radius 3 is 2.67 bits per heavy atom. The zero-order valence-corrected chi connectivity index (χ0v) is 13.4. The lowest BCUT2D eigenvalue weighted by Gasteiger charge is -2.15. The van der Waals surface area contributed by atoms with Crippen LogP contribution in [0.5, 0.6) is 0 Å². The highest BCUT2D eigenvalue weighted by Gasteiger charge is 2.28. The van der Waals surface area contributed by atoms with E-state index in [1.165, 1.54) is 0 Å². The average molecular weight is 348 g/mol. The molecule has 1 heterocycles. The van der Waals surface area contributed by atoms with Gasteiger partial charge in [0.15, 0.2) is 0 Å². The fraction of sp³-hybridized carbons (Fsp3) is 0.312. The second kappa shape index (κ2) is 5.56. The van der Waals surface area contributed by atoms with E-state index in [0.29, 0.717) is 17.4 Å². The van der Waals surface area contributed by atoms with Crippen molar-refractivity contribution >= 4 is 27.5 Å². The quantitative estimate of drug-likeness (QED) is 0.886. The molecule has 3 rings (SSSR count). The fourth-order valence-corrected chi connectivity index (χ4v) is 2.71. The van der Waals surface area contributed by atoms with Gasteiger partial charge in [0.05, 0.1) is 11.7 Å². The molecule has 5 heteroatoms. The number of nitrogens with one attached hydrogen (secondary N) is 1.